The summed E-state index contributed by atoms with van der Waals surface area (Å²) in [6.45, 7) is 3.52. The number of amides is 1. The topological polar surface area (TPSA) is 32.8 Å². The summed E-state index contributed by atoms with van der Waals surface area (Å²) in [4.78, 5) is 16.0. The van der Waals surface area contributed by atoms with Gasteiger partial charge in [0, 0.05) is 20.1 Å². The van der Waals surface area contributed by atoms with Crippen molar-refractivity contribution in [3.63, 3.8) is 0 Å². The molecule has 0 saturated carbocycles. The van der Waals surface area contributed by atoms with Crippen molar-refractivity contribution in [2.45, 2.75) is 6.92 Å². The molecule has 18 heavy (non-hydrogen) atoms. The Labute approximate surface area is 109 Å². The molecule has 0 fully saturated rings. The van der Waals surface area contributed by atoms with Crippen molar-refractivity contribution < 1.29 is 9.53 Å². The number of rotatable bonds is 5. The molecule has 4 nitrogen and oxygen atoms in total. The van der Waals surface area contributed by atoms with E-state index in [1.807, 2.05) is 46.3 Å². The molecule has 1 aromatic rings. The maximum atomic E-state index is 12.3. The molecule has 1 rings (SSSR count). The van der Waals surface area contributed by atoms with Crippen LogP contribution in [0.4, 0.5) is 0 Å². The van der Waals surface area contributed by atoms with Crippen molar-refractivity contribution in [1.29, 1.82) is 0 Å². The third kappa shape index (κ3) is 3.74. The Morgan fingerprint density at radius 3 is 2.44 bits per heavy atom. The Balaban J connectivity index is 2.83. The molecule has 0 N–H and O–H groups in total. The Kier molecular flexibility index (Phi) is 5.16. The first-order valence-corrected chi connectivity index (χ1v) is 6.00. The summed E-state index contributed by atoms with van der Waals surface area (Å²) in [5, 5.41) is 0. The summed E-state index contributed by atoms with van der Waals surface area (Å²) in [7, 11) is 7.38. The number of likely N-dealkylation sites (N-methyl/N-ethyl adjacent to an activating group) is 2. The molecule has 0 unspecified atom stereocenters. The van der Waals surface area contributed by atoms with Crippen LogP contribution in [0.1, 0.15) is 15.9 Å². The van der Waals surface area contributed by atoms with Crippen molar-refractivity contribution in [3.8, 4) is 5.75 Å². The van der Waals surface area contributed by atoms with Crippen LogP contribution in [0.15, 0.2) is 18.2 Å². The predicted molar refractivity (Wildman–Crippen MR) is 73.2 cm³/mol. The van der Waals surface area contributed by atoms with Gasteiger partial charge in [-0.15, -0.1) is 0 Å². The first-order chi connectivity index (χ1) is 8.45. The number of benzene rings is 1. The zero-order valence-electron chi connectivity index (χ0n) is 11.9. The first kappa shape index (κ1) is 14.5. The molecule has 0 saturated heterocycles. The van der Waals surface area contributed by atoms with Gasteiger partial charge in [-0.25, -0.2) is 0 Å². The Hall–Kier alpha value is -1.55. The molecule has 0 aliphatic heterocycles. The van der Waals surface area contributed by atoms with Crippen LogP contribution in [-0.2, 0) is 0 Å². The highest BCUT2D eigenvalue weighted by molar-refractivity contribution is 5.96. The van der Waals surface area contributed by atoms with Crippen molar-refractivity contribution in [3.05, 3.63) is 29.3 Å². The van der Waals surface area contributed by atoms with Crippen LogP contribution >= 0.6 is 0 Å². The summed E-state index contributed by atoms with van der Waals surface area (Å²) in [5.41, 5.74) is 1.70. The highest BCUT2D eigenvalue weighted by Crippen LogP contribution is 2.21. The SMILES string of the molecule is COc1cc(C)ccc1C(=O)N(C)CCN(C)C. The zero-order valence-corrected chi connectivity index (χ0v) is 11.9. The lowest BCUT2D eigenvalue weighted by Crippen LogP contribution is -2.33. The molecular formula is C14H22N2O2. The van der Waals surface area contributed by atoms with E-state index in [0.29, 0.717) is 17.9 Å². The molecule has 1 amide bonds. The van der Waals surface area contributed by atoms with E-state index >= 15 is 0 Å². The van der Waals surface area contributed by atoms with E-state index in [9.17, 15) is 4.79 Å². The Morgan fingerprint density at radius 2 is 1.89 bits per heavy atom. The highest BCUT2D eigenvalue weighted by atomic mass is 16.5. The average molecular weight is 250 g/mol. The fraction of sp³-hybridized carbons (Fsp3) is 0.500. The quantitative estimate of drug-likeness (QED) is 0.796. The predicted octanol–water partition coefficient (Wildman–Crippen LogP) is 1.64. The molecule has 4 heteroatoms. The minimum absolute atomic E-state index is 0.00583. The minimum Gasteiger partial charge on any atom is -0.496 e. The van der Waals surface area contributed by atoms with E-state index in [1.165, 1.54) is 0 Å². The number of hydrogen-bond acceptors (Lipinski definition) is 3. The number of methoxy groups -OCH3 is 1. The number of carbonyl (C=O) groups excluding carboxylic acids is 1. The smallest absolute Gasteiger partial charge is 0.257 e. The second-order valence-electron chi connectivity index (χ2n) is 4.73. The summed E-state index contributed by atoms with van der Waals surface area (Å²) >= 11 is 0. The Bertz CT molecular complexity index is 416. The minimum atomic E-state index is -0.00583. The van der Waals surface area contributed by atoms with E-state index in [-0.39, 0.29) is 5.91 Å². The highest BCUT2D eigenvalue weighted by Gasteiger charge is 2.16. The van der Waals surface area contributed by atoms with Gasteiger partial charge in [0.25, 0.3) is 5.91 Å². The van der Waals surface area contributed by atoms with Crippen molar-refractivity contribution in [2.75, 3.05) is 41.3 Å². The fourth-order valence-electron chi connectivity index (χ4n) is 1.63. The maximum Gasteiger partial charge on any atom is 0.257 e. The lowest BCUT2D eigenvalue weighted by atomic mass is 10.1. The van der Waals surface area contributed by atoms with Crippen LogP contribution in [0.3, 0.4) is 0 Å². The van der Waals surface area contributed by atoms with Crippen LogP contribution in [0.2, 0.25) is 0 Å². The molecule has 0 aromatic heterocycles. The van der Waals surface area contributed by atoms with Gasteiger partial charge in [-0.2, -0.15) is 0 Å². The molecule has 0 radical (unpaired) electrons. The van der Waals surface area contributed by atoms with Crippen molar-refractivity contribution in [2.24, 2.45) is 0 Å². The number of nitrogens with zero attached hydrogens (tertiary/aromatic N) is 2. The second-order valence-corrected chi connectivity index (χ2v) is 4.73. The molecule has 0 bridgehead atoms. The zero-order chi connectivity index (χ0) is 13.7. The summed E-state index contributed by atoms with van der Waals surface area (Å²) in [5.74, 6) is 0.630. The molecule has 0 aliphatic carbocycles. The first-order valence-electron chi connectivity index (χ1n) is 6.00. The normalized spacial score (nSPS) is 10.6. The average Bonchev–Trinajstić information content (AvgIpc) is 2.34. The largest absolute Gasteiger partial charge is 0.496 e. The van der Waals surface area contributed by atoms with Gasteiger partial charge in [0.15, 0.2) is 0 Å². The van der Waals surface area contributed by atoms with E-state index in [0.717, 1.165) is 12.1 Å². The fourth-order valence-corrected chi connectivity index (χ4v) is 1.63. The van der Waals surface area contributed by atoms with Crippen molar-refractivity contribution >= 4 is 5.91 Å². The molecule has 0 heterocycles. The molecule has 100 valence electrons. The molecule has 0 spiro atoms. The van der Waals surface area contributed by atoms with Gasteiger partial charge in [-0.05, 0) is 38.7 Å². The van der Waals surface area contributed by atoms with Gasteiger partial charge >= 0.3 is 0 Å². The third-order valence-corrected chi connectivity index (χ3v) is 2.82. The van der Waals surface area contributed by atoms with Crippen LogP contribution in [0.25, 0.3) is 0 Å². The molecule has 0 atom stereocenters. The van der Waals surface area contributed by atoms with Gasteiger partial charge in [0.2, 0.25) is 0 Å². The van der Waals surface area contributed by atoms with Gasteiger partial charge in [0.1, 0.15) is 5.75 Å². The van der Waals surface area contributed by atoms with Gasteiger partial charge in [-0.3, -0.25) is 4.79 Å². The van der Waals surface area contributed by atoms with Crippen LogP contribution in [0, 0.1) is 6.92 Å². The summed E-state index contributed by atoms with van der Waals surface area (Å²) in [6, 6.07) is 5.63. The number of hydrogen-bond donors (Lipinski definition) is 0. The number of aryl methyl sites for hydroxylation is 1. The molecule has 1 aromatic carbocycles. The standard InChI is InChI=1S/C14H22N2O2/c1-11-6-7-12(13(10-11)18-5)14(17)16(4)9-8-15(2)3/h6-7,10H,8-9H2,1-5H3. The molecule has 0 aliphatic rings. The van der Waals surface area contributed by atoms with Gasteiger partial charge in [0.05, 0.1) is 12.7 Å². The number of carbonyl (C=O) groups is 1. The summed E-state index contributed by atoms with van der Waals surface area (Å²) in [6.07, 6.45) is 0. The second kappa shape index (κ2) is 6.40. The summed E-state index contributed by atoms with van der Waals surface area (Å²) < 4.78 is 5.27. The van der Waals surface area contributed by atoms with E-state index in [2.05, 4.69) is 4.90 Å². The Morgan fingerprint density at radius 1 is 1.22 bits per heavy atom. The number of ether oxygens (including phenoxy) is 1. The van der Waals surface area contributed by atoms with Crippen LogP contribution < -0.4 is 4.74 Å². The third-order valence-electron chi connectivity index (χ3n) is 2.82. The lowest BCUT2D eigenvalue weighted by molar-refractivity contribution is 0.0783. The van der Waals surface area contributed by atoms with Crippen LogP contribution in [0.5, 0.6) is 5.75 Å². The lowest BCUT2D eigenvalue weighted by Gasteiger charge is -2.20. The van der Waals surface area contributed by atoms with E-state index in [1.54, 1.807) is 12.0 Å². The monoisotopic (exact) mass is 250 g/mol. The van der Waals surface area contributed by atoms with Crippen LogP contribution in [-0.4, -0.2) is 57.0 Å². The van der Waals surface area contributed by atoms with Gasteiger partial charge < -0.3 is 14.5 Å². The molecular weight excluding hydrogens is 228 g/mol. The van der Waals surface area contributed by atoms with E-state index in [4.69, 9.17) is 4.74 Å². The van der Waals surface area contributed by atoms with E-state index < -0.39 is 0 Å². The van der Waals surface area contributed by atoms with Gasteiger partial charge in [-0.1, -0.05) is 6.07 Å². The maximum absolute atomic E-state index is 12.3. The van der Waals surface area contributed by atoms with Crippen molar-refractivity contribution in [1.82, 2.24) is 9.80 Å².